The Kier molecular flexibility index (Phi) is 27.6. The summed E-state index contributed by atoms with van der Waals surface area (Å²) in [5.74, 6) is 0. The van der Waals surface area contributed by atoms with E-state index in [-0.39, 0.29) is 0 Å². The van der Waals surface area contributed by atoms with E-state index in [9.17, 15) is 0 Å². The van der Waals surface area contributed by atoms with Crippen molar-refractivity contribution < 1.29 is 38.5 Å². The van der Waals surface area contributed by atoms with Gasteiger partial charge in [-0.25, -0.2) is 9.13 Å². The molecule has 0 saturated heterocycles. The molecule has 0 aromatic heterocycles. The van der Waals surface area contributed by atoms with Crippen molar-refractivity contribution in [3.63, 3.8) is 0 Å². The largest absolute Gasteiger partial charge is 0.466 e. The molecule has 0 amide bonds. The minimum atomic E-state index is -4.64. The highest BCUT2D eigenvalue weighted by Gasteiger charge is 2.00. The summed E-state index contributed by atoms with van der Waals surface area (Å²) >= 11 is 0. The minimum Gasteiger partial charge on any atom is -0.303 e. The predicted molar refractivity (Wildman–Crippen MR) is 114 cm³/mol. The molecule has 0 bridgehead atoms. The van der Waals surface area contributed by atoms with Gasteiger partial charge in [-0.3, -0.25) is 0 Å². The van der Waals surface area contributed by atoms with Crippen LogP contribution in [0.1, 0.15) is 117 Å². The Labute approximate surface area is 171 Å². The molecule has 0 aromatic rings. The average Bonchev–Trinajstić information content (AvgIpc) is 2.52. The molecule has 0 spiro atoms. The van der Waals surface area contributed by atoms with Crippen LogP contribution in [0.5, 0.6) is 0 Å². The van der Waals surface area contributed by atoms with Crippen molar-refractivity contribution in [2.45, 2.75) is 117 Å². The van der Waals surface area contributed by atoms with Crippen LogP contribution in [0.15, 0.2) is 0 Å². The van der Waals surface area contributed by atoms with E-state index in [0.717, 1.165) is 0 Å². The first-order chi connectivity index (χ1) is 12.9. The molecule has 0 saturated carbocycles. The van der Waals surface area contributed by atoms with Gasteiger partial charge in [0.05, 0.1) is 0 Å². The van der Waals surface area contributed by atoms with Crippen LogP contribution >= 0.6 is 15.6 Å². The van der Waals surface area contributed by atoms with Crippen molar-refractivity contribution in [1.29, 1.82) is 0 Å². The third-order valence-corrected chi connectivity index (χ3v) is 3.96. The third-order valence-electron chi connectivity index (χ3n) is 3.96. The smallest absolute Gasteiger partial charge is 0.303 e. The number of hydrogen-bond acceptors (Lipinski definition) is 2. The van der Waals surface area contributed by atoms with Gasteiger partial charge in [-0.2, -0.15) is 0 Å². The van der Waals surface area contributed by atoms with Crippen LogP contribution in [0.25, 0.3) is 0 Å². The third kappa shape index (κ3) is 72.0. The standard InChI is InChI=1S/C18H38.2H3O4P/c1-3-5-7-9-11-13-15-17-18-16-14-12-10-8-6-4-2;2*1-5(2,3)4/h3-18H2,1-2H3;2*(H3,1,2,3,4). The molecule has 0 aromatic carbocycles. The zero-order valence-corrected chi connectivity index (χ0v) is 19.5. The van der Waals surface area contributed by atoms with E-state index in [4.69, 9.17) is 38.5 Å². The van der Waals surface area contributed by atoms with Gasteiger partial charge in [-0.15, -0.1) is 0 Å². The fourth-order valence-electron chi connectivity index (χ4n) is 2.62. The lowest BCUT2D eigenvalue weighted by Crippen LogP contribution is -1.83. The SMILES string of the molecule is CCCCCCCCCCCCCCCCCC.O=P(O)(O)O.O=P(O)(O)O. The predicted octanol–water partition coefficient (Wildman–Crippen LogP) is 5.41. The summed E-state index contributed by atoms with van der Waals surface area (Å²) in [6.07, 6.45) is 23.4. The summed E-state index contributed by atoms with van der Waals surface area (Å²) in [4.78, 5) is 43.1. The highest BCUT2D eigenvalue weighted by atomic mass is 31.2. The molecule has 0 rings (SSSR count). The zero-order valence-electron chi connectivity index (χ0n) is 17.7. The quantitative estimate of drug-likeness (QED) is 0.143. The summed E-state index contributed by atoms with van der Waals surface area (Å²) in [6, 6.07) is 0. The topological polar surface area (TPSA) is 156 Å². The lowest BCUT2D eigenvalue weighted by atomic mass is 10.0. The maximum atomic E-state index is 8.88. The molecule has 174 valence electrons. The van der Waals surface area contributed by atoms with Crippen LogP contribution in [0.2, 0.25) is 0 Å². The van der Waals surface area contributed by atoms with Gasteiger partial charge in [0.2, 0.25) is 0 Å². The Morgan fingerprint density at radius 3 is 0.607 bits per heavy atom. The van der Waals surface area contributed by atoms with E-state index in [1.54, 1.807) is 0 Å². The van der Waals surface area contributed by atoms with Gasteiger partial charge in [-0.1, -0.05) is 117 Å². The van der Waals surface area contributed by atoms with Crippen molar-refractivity contribution in [1.82, 2.24) is 0 Å². The minimum absolute atomic E-state index is 1.37. The molecule has 28 heavy (non-hydrogen) atoms. The highest BCUT2D eigenvalue weighted by Crippen LogP contribution is 2.26. The first-order valence-corrected chi connectivity index (χ1v) is 13.6. The van der Waals surface area contributed by atoms with E-state index in [2.05, 4.69) is 13.8 Å². The fourth-order valence-corrected chi connectivity index (χ4v) is 2.62. The highest BCUT2D eigenvalue weighted by molar-refractivity contribution is 7.45. The van der Waals surface area contributed by atoms with Gasteiger partial charge in [0.15, 0.2) is 0 Å². The monoisotopic (exact) mass is 450 g/mol. The van der Waals surface area contributed by atoms with E-state index >= 15 is 0 Å². The molecule has 0 fully saturated rings. The average molecular weight is 450 g/mol. The Balaban J connectivity index is -0.000000512. The van der Waals surface area contributed by atoms with E-state index in [1.165, 1.54) is 103 Å². The van der Waals surface area contributed by atoms with Crippen LogP contribution in [-0.4, -0.2) is 29.4 Å². The van der Waals surface area contributed by atoms with Crippen LogP contribution in [0.3, 0.4) is 0 Å². The Morgan fingerprint density at radius 1 is 0.393 bits per heavy atom. The molecular weight excluding hydrogens is 406 g/mol. The maximum Gasteiger partial charge on any atom is 0.466 e. The summed E-state index contributed by atoms with van der Waals surface area (Å²) in [5.41, 5.74) is 0. The van der Waals surface area contributed by atoms with E-state index in [0.29, 0.717) is 0 Å². The summed E-state index contributed by atoms with van der Waals surface area (Å²) in [7, 11) is -9.28. The van der Waals surface area contributed by atoms with Crippen LogP contribution in [-0.2, 0) is 9.13 Å². The molecule has 8 nitrogen and oxygen atoms in total. The maximum absolute atomic E-state index is 8.88. The second-order valence-corrected chi connectivity index (χ2v) is 9.03. The van der Waals surface area contributed by atoms with Crippen molar-refractivity contribution in [3.8, 4) is 0 Å². The summed E-state index contributed by atoms with van der Waals surface area (Å²) in [6.45, 7) is 4.59. The number of unbranched alkanes of at least 4 members (excludes halogenated alkanes) is 15. The molecule has 0 atom stereocenters. The van der Waals surface area contributed by atoms with E-state index < -0.39 is 15.6 Å². The molecule has 0 unspecified atom stereocenters. The second-order valence-electron chi connectivity index (χ2n) is 6.98. The Hall–Kier alpha value is 0.220. The number of rotatable bonds is 15. The van der Waals surface area contributed by atoms with Crippen molar-refractivity contribution in [2.75, 3.05) is 0 Å². The molecule has 6 N–H and O–H groups in total. The van der Waals surface area contributed by atoms with Gasteiger partial charge in [0, 0.05) is 0 Å². The Morgan fingerprint density at radius 2 is 0.500 bits per heavy atom. The lowest BCUT2D eigenvalue weighted by molar-refractivity contribution is 0.272. The number of phosphoric acid groups is 2. The van der Waals surface area contributed by atoms with Crippen LogP contribution < -0.4 is 0 Å². The zero-order chi connectivity index (χ0) is 22.3. The summed E-state index contributed by atoms with van der Waals surface area (Å²) in [5, 5.41) is 0. The molecule has 0 radical (unpaired) electrons. The molecule has 0 aliphatic heterocycles. The lowest BCUT2D eigenvalue weighted by Gasteiger charge is -2.03. The van der Waals surface area contributed by atoms with Gasteiger partial charge in [0.25, 0.3) is 0 Å². The van der Waals surface area contributed by atoms with E-state index in [1.807, 2.05) is 0 Å². The molecule has 0 aliphatic carbocycles. The summed E-state index contributed by atoms with van der Waals surface area (Å²) < 4.78 is 17.8. The first-order valence-electron chi connectivity index (χ1n) is 10.5. The van der Waals surface area contributed by atoms with Gasteiger partial charge >= 0.3 is 15.6 Å². The van der Waals surface area contributed by atoms with Crippen molar-refractivity contribution in [3.05, 3.63) is 0 Å². The molecule has 0 heterocycles. The normalized spacial score (nSPS) is 11.3. The van der Waals surface area contributed by atoms with Gasteiger partial charge in [0.1, 0.15) is 0 Å². The van der Waals surface area contributed by atoms with Crippen LogP contribution in [0, 0.1) is 0 Å². The fraction of sp³-hybridized carbons (Fsp3) is 1.00. The van der Waals surface area contributed by atoms with Crippen molar-refractivity contribution >= 4 is 15.6 Å². The Bertz CT molecular complexity index is 329. The van der Waals surface area contributed by atoms with Crippen molar-refractivity contribution in [2.24, 2.45) is 0 Å². The van der Waals surface area contributed by atoms with Crippen LogP contribution in [0.4, 0.5) is 0 Å². The molecule has 10 heteroatoms. The number of hydrogen-bond donors (Lipinski definition) is 6. The van der Waals surface area contributed by atoms with Gasteiger partial charge in [-0.05, 0) is 0 Å². The molecule has 0 aliphatic rings. The first kappa shape index (κ1) is 32.9. The van der Waals surface area contributed by atoms with Gasteiger partial charge < -0.3 is 29.4 Å². The second kappa shape index (κ2) is 23.5. The molecular formula is C18H44O8P2.